The van der Waals surface area contributed by atoms with Crippen LogP contribution in [0.4, 0.5) is 0 Å². The van der Waals surface area contributed by atoms with Crippen LogP contribution in [0.25, 0.3) is 0 Å². The molecule has 1 unspecified atom stereocenters. The van der Waals surface area contributed by atoms with Crippen LogP contribution < -0.4 is 10.1 Å². The molecule has 0 aliphatic rings. The lowest BCUT2D eigenvalue weighted by atomic mass is 9.97. The SMILES string of the molecule is COc1cc(Cl)c(CCC(C)CCNC(C)(C)C)cc1Cl. The third kappa shape index (κ3) is 6.90. The quantitative estimate of drug-likeness (QED) is 0.727. The molecule has 0 heterocycles. The molecule has 0 bridgehead atoms. The minimum absolute atomic E-state index is 0.187. The summed E-state index contributed by atoms with van der Waals surface area (Å²) >= 11 is 12.4. The summed E-state index contributed by atoms with van der Waals surface area (Å²) in [5.41, 5.74) is 1.28. The number of nitrogens with one attached hydrogen (secondary N) is 1. The Morgan fingerprint density at radius 2 is 1.81 bits per heavy atom. The predicted molar refractivity (Wildman–Crippen MR) is 92.9 cm³/mol. The zero-order chi connectivity index (χ0) is 16.0. The number of ether oxygens (including phenoxy) is 1. The van der Waals surface area contributed by atoms with Gasteiger partial charge < -0.3 is 10.1 Å². The average molecular weight is 332 g/mol. The summed E-state index contributed by atoms with van der Waals surface area (Å²) in [6.45, 7) is 9.90. The van der Waals surface area contributed by atoms with Gasteiger partial charge in [0.05, 0.1) is 12.1 Å². The van der Waals surface area contributed by atoms with Crippen LogP contribution in [0.5, 0.6) is 5.75 Å². The molecule has 1 N–H and O–H groups in total. The number of methoxy groups -OCH3 is 1. The highest BCUT2D eigenvalue weighted by Crippen LogP contribution is 2.32. The Morgan fingerprint density at radius 3 is 2.38 bits per heavy atom. The third-order valence-electron chi connectivity index (χ3n) is 3.52. The van der Waals surface area contributed by atoms with Crippen molar-refractivity contribution in [2.24, 2.45) is 5.92 Å². The molecule has 0 fully saturated rings. The standard InChI is InChI=1S/C17H27Cl2NO/c1-12(8-9-20-17(2,3)4)6-7-13-10-15(19)16(21-5)11-14(13)18/h10-12,20H,6-9H2,1-5H3. The van der Waals surface area contributed by atoms with Gasteiger partial charge in [0.2, 0.25) is 0 Å². The summed E-state index contributed by atoms with van der Waals surface area (Å²) in [7, 11) is 1.60. The first-order valence-electron chi connectivity index (χ1n) is 7.50. The van der Waals surface area contributed by atoms with E-state index in [2.05, 4.69) is 33.0 Å². The molecule has 4 heteroatoms. The van der Waals surface area contributed by atoms with E-state index in [-0.39, 0.29) is 5.54 Å². The van der Waals surface area contributed by atoms with E-state index in [0.29, 0.717) is 16.7 Å². The molecule has 21 heavy (non-hydrogen) atoms. The van der Waals surface area contributed by atoms with E-state index < -0.39 is 0 Å². The summed E-state index contributed by atoms with van der Waals surface area (Å²) in [4.78, 5) is 0. The molecule has 0 aromatic heterocycles. The minimum Gasteiger partial charge on any atom is -0.495 e. The molecule has 1 aromatic carbocycles. The third-order valence-corrected chi connectivity index (χ3v) is 4.17. The minimum atomic E-state index is 0.187. The fraction of sp³-hybridized carbons (Fsp3) is 0.647. The van der Waals surface area contributed by atoms with Crippen LogP contribution in [0.2, 0.25) is 10.0 Å². The monoisotopic (exact) mass is 331 g/mol. The lowest BCUT2D eigenvalue weighted by Gasteiger charge is -2.22. The highest BCUT2D eigenvalue weighted by atomic mass is 35.5. The van der Waals surface area contributed by atoms with Crippen LogP contribution in [-0.2, 0) is 6.42 Å². The molecule has 1 aromatic rings. The van der Waals surface area contributed by atoms with E-state index in [0.717, 1.165) is 30.0 Å². The van der Waals surface area contributed by atoms with Gasteiger partial charge in [-0.2, -0.15) is 0 Å². The van der Waals surface area contributed by atoms with Crippen LogP contribution in [0.1, 0.15) is 46.1 Å². The van der Waals surface area contributed by atoms with Crippen molar-refractivity contribution in [2.75, 3.05) is 13.7 Å². The van der Waals surface area contributed by atoms with Crippen molar-refractivity contribution in [3.63, 3.8) is 0 Å². The van der Waals surface area contributed by atoms with Crippen molar-refractivity contribution in [3.8, 4) is 5.75 Å². The molecular formula is C17H27Cl2NO. The summed E-state index contributed by atoms with van der Waals surface area (Å²) in [6.07, 6.45) is 3.21. The Morgan fingerprint density at radius 1 is 1.14 bits per heavy atom. The van der Waals surface area contributed by atoms with Gasteiger partial charge in [-0.15, -0.1) is 0 Å². The summed E-state index contributed by atoms with van der Waals surface area (Å²) in [5.74, 6) is 1.28. The fourth-order valence-corrected chi connectivity index (χ4v) is 2.67. The number of hydrogen-bond donors (Lipinski definition) is 1. The Balaban J connectivity index is 2.46. The largest absolute Gasteiger partial charge is 0.495 e. The molecule has 0 radical (unpaired) electrons. The van der Waals surface area contributed by atoms with Gasteiger partial charge in [-0.3, -0.25) is 0 Å². The highest BCUT2D eigenvalue weighted by Gasteiger charge is 2.11. The van der Waals surface area contributed by atoms with Gasteiger partial charge in [-0.25, -0.2) is 0 Å². The first-order valence-corrected chi connectivity index (χ1v) is 8.25. The summed E-state index contributed by atoms with van der Waals surface area (Å²) in [6, 6.07) is 3.72. The molecule has 0 aliphatic carbocycles. The first-order chi connectivity index (χ1) is 9.73. The van der Waals surface area contributed by atoms with Gasteiger partial charge in [0.15, 0.2) is 0 Å². The van der Waals surface area contributed by atoms with Crippen molar-refractivity contribution < 1.29 is 4.74 Å². The van der Waals surface area contributed by atoms with E-state index in [4.69, 9.17) is 27.9 Å². The summed E-state index contributed by atoms with van der Waals surface area (Å²) < 4.78 is 5.17. The number of aryl methyl sites for hydroxylation is 1. The highest BCUT2D eigenvalue weighted by molar-refractivity contribution is 6.34. The van der Waals surface area contributed by atoms with Crippen LogP contribution in [-0.4, -0.2) is 19.2 Å². The van der Waals surface area contributed by atoms with Gasteiger partial charge in [-0.05, 0) is 64.1 Å². The number of hydrogen-bond acceptors (Lipinski definition) is 2. The second-order valence-electron chi connectivity index (χ2n) is 6.69. The van der Waals surface area contributed by atoms with Crippen molar-refractivity contribution in [1.29, 1.82) is 0 Å². The molecule has 0 aliphatic heterocycles. The van der Waals surface area contributed by atoms with Gasteiger partial charge in [0.25, 0.3) is 0 Å². The van der Waals surface area contributed by atoms with Gasteiger partial charge in [0.1, 0.15) is 5.75 Å². The van der Waals surface area contributed by atoms with Crippen molar-refractivity contribution >= 4 is 23.2 Å². The Kier molecular flexibility index (Phi) is 7.32. The zero-order valence-electron chi connectivity index (χ0n) is 13.7. The van der Waals surface area contributed by atoms with E-state index in [9.17, 15) is 0 Å². The molecule has 0 saturated carbocycles. The van der Waals surface area contributed by atoms with Crippen LogP contribution in [0.3, 0.4) is 0 Å². The first kappa shape index (κ1) is 18.6. The normalized spacial score (nSPS) is 13.3. The lowest BCUT2D eigenvalue weighted by molar-refractivity contribution is 0.386. The second-order valence-corrected chi connectivity index (χ2v) is 7.50. The van der Waals surface area contributed by atoms with Crippen LogP contribution in [0.15, 0.2) is 12.1 Å². The molecule has 1 rings (SSSR count). The summed E-state index contributed by atoms with van der Waals surface area (Å²) in [5, 5.41) is 4.88. The maximum absolute atomic E-state index is 6.28. The Labute approximate surface area is 139 Å². The smallest absolute Gasteiger partial charge is 0.138 e. The maximum atomic E-state index is 6.28. The van der Waals surface area contributed by atoms with E-state index >= 15 is 0 Å². The van der Waals surface area contributed by atoms with Crippen LogP contribution in [0, 0.1) is 5.92 Å². The lowest BCUT2D eigenvalue weighted by Crippen LogP contribution is -2.36. The molecule has 0 spiro atoms. The van der Waals surface area contributed by atoms with E-state index in [1.807, 2.05) is 6.07 Å². The van der Waals surface area contributed by atoms with E-state index in [1.165, 1.54) is 6.42 Å². The number of halogens is 2. The fourth-order valence-electron chi connectivity index (χ4n) is 2.16. The van der Waals surface area contributed by atoms with Crippen molar-refractivity contribution in [1.82, 2.24) is 5.32 Å². The topological polar surface area (TPSA) is 21.3 Å². The Hall–Kier alpha value is -0.440. The van der Waals surface area contributed by atoms with E-state index in [1.54, 1.807) is 13.2 Å². The maximum Gasteiger partial charge on any atom is 0.138 e. The molecular weight excluding hydrogens is 305 g/mol. The van der Waals surface area contributed by atoms with Crippen molar-refractivity contribution in [2.45, 2.75) is 52.5 Å². The van der Waals surface area contributed by atoms with Gasteiger partial charge >= 0.3 is 0 Å². The molecule has 0 saturated heterocycles. The molecule has 1 atom stereocenters. The van der Waals surface area contributed by atoms with Crippen LogP contribution >= 0.6 is 23.2 Å². The zero-order valence-corrected chi connectivity index (χ0v) is 15.2. The average Bonchev–Trinajstić information content (AvgIpc) is 2.37. The van der Waals surface area contributed by atoms with Gasteiger partial charge in [0, 0.05) is 16.6 Å². The Bertz CT molecular complexity index is 455. The number of rotatable bonds is 7. The molecule has 2 nitrogen and oxygen atoms in total. The van der Waals surface area contributed by atoms with Crippen molar-refractivity contribution in [3.05, 3.63) is 27.7 Å². The predicted octanol–water partition coefficient (Wildman–Crippen LogP) is 5.35. The molecule has 0 amide bonds. The number of benzene rings is 1. The second kappa shape index (κ2) is 8.26. The molecule has 120 valence electrons. The van der Waals surface area contributed by atoms with Gasteiger partial charge in [-0.1, -0.05) is 30.1 Å².